The van der Waals surface area contributed by atoms with Crippen LogP contribution in [0.15, 0.2) is 45.6 Å². The molecular weight excluding hydrogens is 272 g/mol. The van der Waals surface area contributed by atoms with Crippen molar-refractivity contribution in [1.29, 1.82) is 0 Å². The molecule has 82 valence electrons. The van der Waals surface area contributed by atoms with Crippen molar-refractivity contribution in [3.8, 4) is 0 Å². The van der Waals surface area contributed by atoms with Crippen molar-refractivity contribution >= 4 is 21.8 Å². The van der Waals surface area contributed by atoms with Crippen LogP contribution in [0.2, 0.25) is 0 Å². The first-order chi connectivity index (χ1) is 7.75. The molecule has 5 heteroatoms. The van der Waals surface area contributed by atoms with Gasteiger partial charge in [0.25, 0.3) is 5.91 Å². The molecule has 1 N–H and O–H groups in total. The first-order valence-corrected chi connectivity index (χ1v) is 5.48. The number of rotatable bonds is 3. The minimum Gasteiger partial charge on any atom is -0.364 e. The zero-order valence-electron chi connectivity index (χ0n) is 8.31. The topological polar surface area (TPSA) is 55.1 Å². The van der Waals surface area contributed by atoms with E-state index in [2.05, 4.69) is 30.9 Å². The molecule has 1 aromatic carbocycles. The zero-order chi connectivity index (χ0) is 11.4. The van der Waals surface area contributed by atoms with Crippen molar-refractivity contribution in [3.63, 3.8) is 0 Å². The van der Waals surface area contributed by atoms with Crippen LogP contribution >= 0.6 is 15.9 Å². The summed E-state index contributed by atoms with van der Waals surface area (Å²) in [6.45, 7) is 0.471. The van der Waals surface area contributed by atoms with Crippen LogP contribution in [0.4, 0.5) is 0 Å². The summed E-state index contributed by atoms with van der Waals surface area (Å²) in [5, 5.41) is 6.29. The lowest BCUT2D eigenvalue weighted by Crippen LogP contribution is -2.22. The van der Waals surface area contributed by atoms with Crippen molar-refractivity contribution in [2.24, 2.45) is 0 Å². The summed E-state index contributed by atoms with van der Waals surface area (Å²) in [6, 6.07) is 9.26. The number of nitrogens with zero attached hydrogens (tertiary/aromatic N) is 1. The number of halogens is 1. The predicted octanol–water partition coefficient (Wildman–Crippen LogP) is 2.37. The first kappa shape index (κ1) is 10.9. The normalized spacial score (nSPS) is 10.1. The number of hydrogen-bond acceptors (Lipinski definition) is 3. The summed E-state index contributed by atoms with van der Waals surface area (Å²) in [5.41, 5.74) is 1.32. The van der Waals surface area contributed by atoms with E-state index in [0.717, 1.165) is 10.0 Å². The monoisotopic (exact) mass is 280 g/mol. The molecule has 0 atom stereocenters. The Kier molecular flexibility index (Phi) is 3.36. The molecule has 0 radical (unpaired) electrons. The fourth-order valence-corrected chi connectivity index (χ4v) is 1.47. The fraction of sp³-hybridized carbons (Fsp3) is 0.0909. The van der Waals surface area contributed by atoms with Gasteiger partial charge >= 0.3 is 0 Å². The Bertz CT molecular complexity index is 465. The second-order valence-electron chi connectivity index (χ2n) is 3.19. The van der Waals surface area contributed by atoms with Crippen LogP contribution in [-0.2, 0) is 6.54 Å². The van der Waals surface area contributed by atoms with Crippen LogP contribution < -0.4 is 5.32 Å². The lowest BCUT2D eigenvalue weighted by atomic mass is 10.2. The van der Waals surface area contributed by atoms with Gasteiger partial charge in [-0.2, -0.15) is 0 Å². The molecule has 0 aliphatic rings. The van der Waals surface area contributed by atoms with Crippen LogP contribution in [0.25, 0.3) is 0 Å². The van der Waals surface area contributed by atoms with E-state index >= 15 is 0 Å². The molecule has 0 bridgehead atoms. The molecule has 4 nitrogen and oxygen atoms in total. The smallest absolute Gasteiger partial charge is 0.273 e. The standard InChI is InChI=1S/C11H9BrN2O2/c12-9-3-1-8(2-4-9)7-13-11(15)10-5-6-16-14-10/h1-6H,7H2,(H,13,15). The first-order valence-electron chi connectivity index (χ1n) is 4.69. The van der Waals surface area contributed by atoms with Crippen LogP contribution in [0.1, 0.15) is 16.1 Å². The van der Waals surface area contributed by atoms with Gasteiger partial charge in [-0.15, -0.1) is 0 Å². The summed E-state index contributed by atoms with van der Waals surface area (Å²) in [6.07, 6.45) is 1.37. The third-order valence-electron chi connectivity index (χ3n) is 2.04. The minimum atomic E-state index is -0.239. The molecule has 0 spiro atoms. The van der Waals surface area contributed by atoms with E-state index in [0.29, 0.717) is 6.54 Å². The summed E-state index contributed by atoms with van der Waals surface area (Å²) >= 11 is 3.35. The van der Waals surface area contributed by atoms with Crippen LogP contribution in [0.5, 0.6) is 0 Å². The van der Waals surface area contributed by atoms with Crippen LogP contribution in [-0.4, -0.2) is 11.1 Å². The average Bonchev–Trinajstić information content (AvgIpc) is 2.81. The number of benzene rings is 1. The molecule has 0 aliphatic heterocycles. The average molecular weight is 281 g/mol. The van der Waals surface area contributed by atoms with Gasteiger partial charge in [-0.25, -0.2) is 0 Å². The molecule has 0 saturated heterocycles. The maximum Gasteiger partial charge on any atom is 0.273 e. The maximum absolute atomic E-state index is 11.5. The van der Waals surface area contributed by atoms with Gasteiger partial charge in [0.15, 0.2) is 5.69 Å². The van der Waals surface area contributed by atoms with Gasteiger partial charge in [0.1, 0.15) is 6.26 Å². The molecule has 2 rings (SSSR count). The molecule has 1 heterocycles. The molecule has 16 heavy (non-hydrogen) atoms. The molecular formula is C11H9BrN2O2. The Balaban J connectivity index is 1.93. The summed E-state index contributed by atoms with van der Waals surface area (Å²) in [5.74, 6) is -0.239. The van der Waals surface area contributed by atoms with E-state index in [1.807, 2.05) is 24.3 Å². The lowest BCUT2D eigenvalue weighted by molar-refractivity contribution is 0.0942. The molecule has 1 aromatic heterocycles. The van der Waals surface area contributed by atoms with E-state index in [9.17, 15) is 4.79 Å². The Morgan fingerprint density at radius 3 is 2.69 bits per heavy atom. The summed E-state index contributed by atoms with van der Waals surface area (Å²) in [4.78, 5) is 11.5. The molecule has 0 unspecified atom stereocenters. The van der Waals surface area contributed by atoms with Gasteiger partial charge in [-0.05, 0) is 17.7 Å². The third kappa shape index (κ3) is 2.70. The minimum absolute atomic E-state index is 0.239. The van der Waals surface area contributed by atoms with E-state index in [4.69, 9.17) is 0 Å². The number of hydrogen-bond donors (Lipinski definition) is 1. The second kappa shape index (κ2) is 4.94. The number of aromatic nitrogens is 1. The molecule has 0 aliphatic carbocycles. The number of amides is 1. The van der Waals surface area contributed by atoms with Gasteiger partial charge in [-0.1, -0.05) is 33.2 Å². The fourth-order valence-electron chi connectivity index (χ4n) is 1.20. The van der Waals surface area contributed by atoms with Gasteiger partial charge in [0.2, 0.25) is 0 Å². The molecule has 0 fully saturated rings. The van der Waals surface area contributed by atoms with Gasteiger partial charge in [0, 0.05) is 17.1 Å². The van der Waals surface area contributed by atoms with Crippen molar-refractivity contribution < 1.29 is 9.32 Å². The van der Waals surface area contributed by atoms with Crippen molar-refractivity contribution in [3.05, 3.63) is 52.3 Å². The maximum atomic E-state index is 11.5. The molecule has 1 amide bonds. The highest BCUT2D eigenvalue weighted by molar-refractivity contribution is 9.10. The lowest BCUT2D eigenvalue weighted by Gasteiger charge is -2.02. The Hall–Kier alpha value is -1.62. The van der Waals surface area contributed by atoms with Crippen molar-refractivity contribution in [2.45, 2.75) is 6.54 Å². The number of nitrogens with one attached hydrogen (secondary N) is 1. The van der Waals surface area contributed by atoms with Crippen molar-refractivity contribution in [2.75, 3.05) is 0 Å². The van der Waals surface area contributed by atoms with E-state index in [-0.39, 0.29) is 11.6 Å². The third-order valence-corrected chi connectivity index (χ3v) is 2.57. The van der Waals surface area contributed by atoms with Gasteiger partial charge in [0.05, 0.1) is 0 Å². The van der Waals surface area contributed by atoms with Crippen LogP contribution in [0.3, 0.4) is 0 Å². The quantitative estimate of drug-likeness (QED) is 0.939. The van der Waals surface area contributed by atoms with Crippen molar-refractivity contribution in [1.82, 2.24) is 10.5 Å². The van der Waals surface area contributed by atoms with Gasteiger partial charge < -0.3 is 9.84 Å². The molecule has 2 aromatic rings. The van der Waals surface area contributed by atoms with E-state index in [1.54, 1.807) is 0 Å². The Morgan fingerprint density at radius 1 is 1.31 bits per heavy atom. The zero-order valence-corrected chi connectivity index (χ0v) is 9.90. The largest absolute Gasteiger partial charge is 0.364 e. The SMILES string of the molecule is O=C(NCc1ccc(Br)cc1)c1ccon1. The highest BCUT2D eigenvalue weighted by Crippen LogP contribution is 2.10. The number of carbonyl (C=O) groups excluding carboxylic acids is 1. The van der Waals surface area contributed by atoms with E-state index in [1.165, 1.54) is 12.3 Å². The summed E-state index contributed by atoms with van der Waals surface area (Å²) in [7, 11) is 0. The molecule has 0 saturated carbocycles. The summed E-state index contributed by atoms with van der Waals surface area (Å²) < 4.78 is 5.60. The predicted molar refractivity (Wildman–Crippen MR) is 61.8 cm³/mol. The van der Waals surface area contributed by atoms with Gasteiger partial charge in [-0.3, -0.25) is 4.79 Å². The van der Waals surface area contributed by atoms with E-state index < -0.39 is 0 Å². The van der Waals surface area contributed by atoms with Crippen LogP contribution in [0, 0.1) is 0 Å². The Labute approximate surface area is 101 Å². The highest BCUT2D eigenvalue weighted by Gasteiger charge is 2.07. The Morgan fingerprint density at radius 2 is 2.06 bits per heavy atom. The second-order valence-corrected chi connectivity index (χ2v) is 4.11. The number of carbonyl (C=O) groups is 1. The highest BCUT2D eigenvalue weighted by atomic mass is 79.9.